The Morgan fingerprint density at radius 3 is 2.91 bits per heavy atom. The summed E-state index contributed by atoms with van der Waals surface area (Å²) in [6, 6.07) is 9.32. The summed E-state index contributed by atoms with van der Waals surface area (Å²) in [4.78, 5) is 16.3. The van der Waals surface area contributed by atoms with Crippen LogP contribution in [0.1, 0.15) is 5.82 Å². The molecular weight excluding hydrogens is 312 g/mol. The zero-order valence-corrected chi connectivity index (χ0v) is 13.0. The maximum absolute atomic E-state index is 6.19. The molecule has 0 aliphatic heterocycles. The normalized spacial score (nSPS) is 11.2. The van der Waals surface area contributed by atoms with E-state index in [0.717, 1.165) is 27.9 Å². The maximum atomic E-state index is 6.19. The van der Waals surface area contributed by atoms with Crippen molar-refractivity contribution in [2.24, 2.45) is 0 Å². The van der Waals surface area contributed by atoms with Gasteiger partial charge in [0.15, 0.2) is 0 Å². The molecule has 0 saturated carbocycles. The van der Waals surface area contributed by atoms with Gasteiger partial charge in [0.2, 0.25) is 5.95 Å². The number of anilines is 3. The van der Waals surface area contributed by atoms with Crippen LogP contribution in [0.15, 0.2) is 36.5 Å². The van der Waals surface area contributed by atoms with Crippen LogP contribution in [0.4, 0.5) is 17.3 Å². The molecule has 0 fully saturated rings. The Kier molecular flexibility index (Phi) is 3.06. The van der Waals surface area contributed by atoms with Crippen LogP contribution >= 0.6 is 11.6 Å². The summed E-state index contributed by atoms with van der Waals surface area (Å²) >= 11 is 6.19. The Labute approximate surface area is 136 Å². The number of nitrogens with one attached hydrogen (secondary N) is 2. The average Bonchev–Trinajstić information content (AvgIpc) is 2.89. The van der Waals surface area contributed by atoms with E-state index in [9.17, 15) is 0 Å². The summed E-state index contributed by atoms with van der Waals surface area (Å²) < 4.78 is 0. The second-order valence-corrected chi connectivity index (χ2v) is 5.69. The Bertz CT molecular complexity index is 1040. The molecule has 0 atom stereocenters. The largest absolute Gasteiger partial charge is 0.397 e. The number of aromatic nitrogens is 4. The second-order valence-electron chi connectivity index (χ2n) is 5.28. The van der Waals surface area contributed by atoms with E-state index in [1.54, 1.807) is 12.3 Å². The summed E-state index contributed by atoms with van der Waals surface area (Å²) in [5, 5.41) is 4.64. The lowest BCUT2D eigenvalue weighted by Crippen LogP contribution is -1.98. The van der Waals surface area contributed by atoms with E-state index in [4.69, 9.17) is 17.3 Å². The highest BCUT2D eigenvalue weighted by atomic mass is 35.5. The van der Waals surface area contributed by atoms with Crippen molar-refractivity contribution < 1.29 is 0 Å². The van der Waals surface area contributed by atoms with Crippen molar-refractivity contribution in [3.63, 3.8) is 0 Å². The molecule has 4 N–H and O–H groups in total. The number of aryl methyl sites for hydroxylation is 1. The van der Waals surface area contributed by atoms with Gasteiger partial charge in [0.1, 0.15) is 11.3 Å². The summed E-state index contributed by atoms with van der Waals surface area (Å²) in [6.45, 7) is 1.89. The third-order valence-corrected chi connectivity index (χ3v) is 3.86. The smallest absolute Gasteiger partial charge is 0.227 e. The lowest BCUT2D eigenvalue weighted by Gasteiger charge is -2.07. The van der Waals surface area contributed by atoms with Crippen LogP contribution in [0.5, 0.6) is 0 Å². The number of imidazole rings is 1. The number of fused-ring (bicyclic) bond motifs is 2. The van der Waals surface area contributed by atoms with Gasteiger partial charge in [-0.25, -0.2) is 15.0 Å². The number of nitrogen functional groups attached to an aromatic ring is 1. The van der Waals surface area contributed by atoms with Crippen LogP contribution in [0, 0.1) is 6.92 Å². The molecule has 4 rings (SSSR count). The van der Waals surface area contributed by atoms with Crippen LogP contribution in [0.3, 0.4) is 0 Å². The SMILES string of the molecule is Cc1nc2c(N)cc(Nc3ncc4cccc(Cl)c4n3)cc2[nH]1. The van der Waals surface area contributed by atoms with Crippen LogP contribution in [-0.2, 0) is 0 Å². The molecule has 0 unspecified atom stereocenters. The summed E-state index contributed by atoms with van der Waals surface area (Å²) in [5.74, 6) is 1.28. The van der Waals surface area contributed by atoms with Crippen molar-refractivity contribution in [1.82, 2.24) is 19.9 Å². The average molecular weight is 325 g/mol. The standard InChI is InChI=1S/C16H13ClN6/c1-8-20-13-6-10(5-12(18)15(13)21-8)22-16-19-7-9-3-2-4-11(17)14(9)23-16/h2-7H,18H2,1H3,(H,20,21)(H,19,22,23). The van der Waals surface area contributed by atoms with E-state index >= 15 is 0 Å². The number of aromatic amines is 1. The lowest BCUT2D eigenvalue weighted by molar-refractivity contribution is 1.17. The van der Waals surface area contributed by atoms with E-state index in [-0.39, 0.29) is 0 Å². The Balaban J connectivity index is 1.76. The quantitative estimate of drug-likeness (QED) is 0.488. The first-order valence-electron chi connectivity index (χ1n) is 7.04. The van der Waals surface area contributed by atoms with Crippen molar-refractivity contribution in [2.45, 2.75) is 6.92 Å². The number of halogens is 1. The van der Waals surface area contributed by atoms with Crippen LogP contribution in [-0.4, -0.2) is 19.9 Å². The molecule has 0 bridgehead atoms. The van der Waals surface area contributed by atoms with Gasteiger partial charge in [-0.3, -0.25) is 0 Å². The predicted molar refractivity (Wildman–Crippen MR) is 93.1 cm³/mol. The fourth-order valence-corrected chi connectivity index (χ4v) is 2.77. The molecule has 2 aromatic heterocycles. The molecule has 0 saturated heterocycles. The minimum absolute atomic E-state index is 0.459. The topological polar surface area (TPSA) is 92.5 Å². The number of nitrogens with zero attached hydrogens (tertiary/aromatic N) is 3. The highest BCUT2D eigenvalue weighted by Crippen LogP contribution is 2.27. The molecule has 0 aliphatic rings. The number of benzene rings is 2. The van der Waals surface area contributed by atoms with Crippen LogP contribution < -0.4 is 11.1 Å². The van der Waals surface area contributed by atoms with Gasteiger partial charge in [0.05, 0.1) is 21.7 Å². The molecule has 0 spiro atoms. The van der Waals surface area contributed by atoms with Crippen LogP contribution in [0.2, 0.25) is 5.02 Å². The van der Waals surface area contributed by atoms with Gasteiger partial charge in [0.25, 0.3) is 0 Å². The molecule has 23 heavy (non-hydrogen) atoms. The summed E-state index contributed by atoms with van der Waals surface area (Å²) in [5.41, 5.74) is 9.76. The minimum atomic E-state index is 0.459. The van der Waals surface area contributed by atoms with Crippen molar-refractivity contribution in [2.75, 3.05) is 11.1 Å². The molecule has 114 valence electrons. The number of hydrogen-bond donors (Lipinski definition) is 3. The van der Waals surface area contributed by atoms with E-state index in [1.807, 2.05) is 31.2 Å². The number of nitrogens with two attached hydrogens (primary N) is 1. The monoisotopic (exact) mass is 324 g/mol. The van der Waals surface area contributed by atoms with Gasteiger partial charge < -0.3 is 16.0 Å². The number of H-pyrrole nitrogens is 1. The summed E-state index contributed by atoms with van der Waals surface area (Å²) in [6.07, 6.45) is 1.73. The molecule has 6 nitrogen and oxygen atoms in total. The molecule has 0 aliphatic carbocycles. The molecule has 2 aromatic carbocycles. The fraction of sp³-hybridized carbons (Fsp3) is 0.0625. The third kappa shape index (κ3) is 2.43. The van der Waals surface area contributed by atoms with Crippen molar-refractivity contribution in [3.05, 3.63) is 47.4 Å². The van der Waals surface area contributed by atoms with Gasteiger partial charge in [-0.05, 0) is 25.1 Å². The minimum Gasteiger partial charge on any atom is -0.397 e. The Hall–Kier alpha value is -2.86. The van der Waals surface area contributed by atoms with E-state index in [0.29, 0.717) is 22.2 Å². The van der Waals surface area contributed by atoms with Crippen molar-refractivity contribution in [1.29, 1.82) is 0 Å². The Morgan fingerprint density at radius 1 is 1.17 bits per heavy atom. The van der Waals surface area contributed by atoms with Crippen molar-refractivity contribution >= 4 is 50.9 Å². The summed E-state index contributed by atoms with van der Waals surface area (Å²) in [7, 11) is 0. The molecule has 2 heterocycles. The number of para-hydroxylation sites is 1. The maximum Gasteiger partial charge on any atom is 0.227 e. The van der Waals surface area contributed by atoms with Gasteiger partial charge in [0, 0.05) is 17.3 Å². The first-order chi connectivity index (χ1) is 11.1. The zero-order chi connectivity index (χ0) is 16.0. The first-order valence-corrected chi connectivity index (χ1v) is 7.42. The molecule has 7 heteroatoms. The van der Waals surface area contributed by atoms with E-state index in [2.05, 4.69) is 25.3 Å². The van der Waals surface area contributed by atoms with E-state index < -0.39 is 0 Å². The number of hydrogen-bond acceptors (Lipinski definition) is 5. The zero-order valence-electron chi connectivity index (χ0n) is 12.3. The van der Waals surface area contributed by atoms with Gasteiger partial charge in [-0.15, -0.1) is 0 Å². The molecular formula is C16H13ClN6. The predicted octanol–water partition coefficient (Wildman–Crippen LogP) is 3.79. The van der Waals surface area contributed by atoms with Gasteiger partial charge >= 0.3 is 0 Å². The first kappa shape index (κ1) is 13.8. The fourth-order valence-electron chi connectivity index (χ4n) is 2.55. The lowest BCUT2D eigenvalue weighted by atomic mass is 10.2. The third-order valence-electron chi connectivity index (χ3n) is 3.55. The van der Waals surface area contributed by atoms with E-state index in [1.165, 1.54) is 0 Å². The van der Waals surface area contributed by atoms with Crippen LogP contribution in [0.25, 0.3) is 21.9 Å². The van der Waals surface area contributed by atoms with Gasteiger partial charge in [-0.2, -0.15) is 0 Å². The Morgan fingerprint density at radius 2 is 2.04 bits per heavy atom. The molecule has 0 radical (unpaired) electrons. The number of rotatable bonds is 2. The van der Waals surface area contributed by atoms with Crippen molar-refractivity contribution in [3.8, 4) is 0 Å². The molecule has 0 amide bonds. The highest BCUT2D eigenvalue weighted by molar-refractivity contribution is 6.35. The second kappa shape index (κ2) is 5.10. The highest BCUT2D eigenvalue weighted by Gasteiger charge is 2.08. The van der Waals surface area contributed by atoms with Gasteiger partial charge in [-0.1, -0.05) is 23.7 Å². The molecule has 4 aromatic rings.